The molecular weight excluding hydrogens is 400 g/mol. The molecule has 1 aromatic carbocycles. The fourth-order valence-corrected chi connectivity index (χ4v) is 3.59. The maximum atomic E-state index is 13.9. The van der Waals surface area contributed by atoms with E-state index in [9.17, 15) is 23.2 Å². The Balaban J connectivity index is 1.92. The van der Waals surface area contributed by atoms with E-state index in [1.54, 1.807) is 20.8 Å². The Bertz CT molecular complexity index is 763. The molecule has 1 fully saturated rings. The second-order valence-corrected chi connectivity index (χ2v) is 8.60. The first-order chi connectivity index (χ1) is 12.5. The van der Waals surface area contributed by atoms with Crippen molar-refractivity contribution in [1.82, 2.24) is 10.2 Å². The maximum absolute atomic E-state index is 13.9. The molecule has 1 aliphatic heterocycles. The van der Waals surface area contributed by atoms with Crippen molar-refractivity contribution in [2.24, 2.45) is 0 Å². The van der Waals surface area contributed by atoms with Crippen LogP contribution in [0.25, 0.3) is 0 Å². The Kier molecular flexibility index (Phi) is 6.69. The van der Waals surface area contributed by atoms with Crippen LogP contribution in [0.5, 0.6) is 0 Å². The largest absolute Gasteiger partial charge is 0.343 e. The van der Waals surface area contributed by atoms with Crippen LogP contribution in [0.4, 0.5) is 14.5 Å². The summed E-state index contributed by atoms with van der Waals surface area (Å²) in [6.07, 6.45) is 0.293. The Labute approximate surface area is 165 Å². The second kappa shape index (κ2) is 8.43. The number of hydrogen-bond donors (Lipinski definition) is 2. The van der Waals surface area contributed by atoms with Crippen LogP contribution in [0.15, 0.2) is 12.1 Å². The van der Waals surface area contributed by atoms with Gasteiger partial charge in [-0.05, 0) is 39.3 Å². The number of carbonyl (C=O) groups excluding carboxylic acids is 3. The van der Waals surface area contributed by atoms with Crippen molar-refractivity contribution in [3.8, 4) is 0 Å². The molecule has 0 radical (unpaired) electrons. The quantitative estimate of drug-likeness (QED) is 0.570. The monoisotopic (exact) mass is 419 g/mol. The highest BCUT2D eigenvalue weighted by Crippen LogP contribution is 2.28. The van der Waals surface area contributed by atoms with Gasteiger partial charge in [-0.25, -0.2) is 8.78 Å². The average Bonchev–Trinajstić information content (AvgIpc) is 2.60. The lowest BCUT2D eigenvalue weighted by molar-refractivity contribution is -0.146. The van der Waals surface area contributed by atoms with Gasteiger partial charge in [-0.3, -0.25) is 14.4 Å². The molecule has 0 saturated carbocycles. The van der Waals surface area contributed by atoms with E-state index in [0.29, 0.717) is 6.42 Å². The molecule has 6 nitrogen and oxygen atoms in total. The minimum Gasteiger partial charge on any atom is -0.343 e. The Morgan fingerprint density at radius 1 is 1.26 bits per heavy atom. The molecular formula is C17H20ClF2N3O3S. The summed E-state index contributed by atoms with van der Waals surface area (Å²) >= 11 is 6.65. The van der Waals surface area contributed by atoms with Crippen LogP contribution in [-0.2, 0) is 14.4 Å². The van der Waals surface area contributed by atoms with Gasteiger partial charge < -0.3 is 15.5 Å². The highest BCUT2D eigenvalue weighted by molar-refractivity contribution is 8.00. The van der Waals surface area contributed by atoms with E-state index in [0.717, 1.165) is 23.9 Å². The summed E-state index contributed by atoms with van der Waals surface area (Å²) in [5.41, 5.74) is -0.742. The summed E-state index contributed by atoms with van der Waals surface area (Å²) in [5, 5.41) is 3.74. The molecule has 1 saturated heterocycles. The van der Waals surface area contributed by atoms with Gasteiger partial charge in [0.1, 0.15) is 10.8 Å². The van der Waals surface area contributed by atoms with Gasteiger partial charge >= 0.3 is 11.8 Å². The van der Waals surface area contributed by atoms with Crippen molar-refractivity contribution in [3.05, 3.63) is 28.8 Å². The zero-order valence-corrected chi connectivity index (χ0v) is 16.6. The van der Waals surface area contributed by atoms with Crippen molar-refractivity contribution in [3.63, 3.8) is 0 Å². The molecule has 1 aliphatic rings. The molecule has 27 heavy (non-hydrogen) atoms. The van der Waals surface area contributed by atoms with Crippen LogP contribution in [0, 0.1) is 11.6 Å². The van der Waals surface area contributed by atoms with Crippen LogP contribution in [-0.4, -0.2) is 45.8 Å². The molecule has 3 amide bonds. The fraction of sp³-hybridized carbons (Fsp3) is 0.471. The SMILES string of the molecule is CC(C)(C)NC(=O)C(=O)N1CC[C@H](C(=O)Nc2ccc(F)c(Cl)c2F)SC1. The highest BCUT2D eigenvalue weighted by Gasteiger charge is 2.32. The number of amides is 3. The Hall–Kier alpha value is -1.87. The van der Waals surface area contributed by atoms with Gasteiger partial charge in [0.2, 0.25) is 5.91 Å². The maximum Gasteiger partial charge on any atom is 0.312 e. The molecule has 2 N–H and O–H groups in total. The van der Waals surface area contributed by atoms with E-state index in [2.05, 4.69) is 10.6 Å². The minimum absolute atomic E-state index is 0.154. The average molecular weight is 420 g/mol. The lowest BCUT2D eigenvalue weighted by Gasteiger charge is -2.31. The van der Waals surface area contributed by atoms with Crippen molar-refractivity contribution in [1.29, 1.82) is 0 Å². The first-order valence-electron chi connectivity index (χ1n) is 8.17. The van der Waals surface area contributed by atoms with Crippen LogP contribution in [0.2, 0.25) is 5.02 Å². The van der Waals surface area contributed by atoms with Crippen molar-refractivity contribution >= 4 is 46.8 Å². The lowest BCUT2D eigenvalue weighted by atomic mass is 10.1. The van der Waals surface area contributed by atoms with E-state index in [4.69, 9.17) is 11.6 Å². The zero-order valence-electron chi connectivity index (χ0n) is 15.1. The molecule has 1 aromatic rings. The predicted molar refractivity (Wildman–Crippen MR) is 100 cm³/mol. The van der Waals surface area contributed by atoms with Crippen LogP contribution in [0.3, 0.4) is 0 Å². The van der Waals surface area contributed by atoms with Gasteiger partial charge in [0.15, 0.2) is 5.82 Å². The van der Waals surface area contributed by atoms with E-state index in [1.165, 1.54) is 4.90 Å². The number of anilines is 1. The molecule has 148 valence electrons. The molecule has 2 rings (SSSR count). The molecule has 0 aromatic heterocycles. The Morgan fingerprint density at radius 2 is 1.93 bits per heavy atom. The molecule has 10 heteroatoms. The number of hydrogen-bond acceptors (Lipinski definition) is 4. The molecule has 0 unspecified atom stereocenters. The second-order valence-electron chi connectivity index (χ2n) is 7.06. The topological polar surface area (TPSA) is 78.5 Å². The summed E-state index contributed by atoms with van der Waals surface area (Å²) < 4.78 is 27.1. The number of thioether (sulfide) groups is 1. The van der Waals surface area contributed by atoms with Crippen LogP contribution < -0.4 is 10.6 Å². The van der Waals surface area contributed by atoms with Gasteiger partial charge in [0.25, 0.3) is 0 Å². The Morgan fingerprint density at radius 3 is 2.48 bits per heavy atom. The summed E-state index contributed by atoms with van der Waals surface area (Å²) in [7, 11) is 0. The third kappa shape index (κ3) is 5.55. The number of halogens is 3. The van der Waals surface area contributed by atoms with E-state index in [-0.39, 0.29) is 18.1 Å². The smallest absolute Gasteiger partial charge is 0.312 e. The minimum atomic E-state index is -1.04. The first-order valence-corrected chi connectivity index (χ1v) is 9.59. The number of carbonyl (C=O) groups is 3. The van der Waals surface area contributed by atoms with E-state index < -0.39 is 45.2 Å². The van der Waals surface area contributed by atoms with Crippen molar-refractivity contribution in [2.75, 3.05) is 17.7 Å². The van der Waals surface area contributed by atoms with Gasteiger partial charge in [-0.1, -0.05) is 11.6 Å². The van der Waals surface area contributed by atoms with E-state index >= 15 is 0 Å². The van der Waals surface area contributed by atoms with Gasteiger partial charge in [-0.2, -0.15) is 0 Å². The highest BCUT2D eigenvalue weighted by atomic mass is 35.5. The van der Waals surface area contributed by atoms with Gasteiger partial charge in [0, 0.05) is 12.1 Å². The van der Waals surface area contributed by atoms with Gasteiger partial charge in [0.05, 0.1) is 16.8 Å². The number of rotatable bonds is 2. The lowest BCUT2D eigenvalue weighted by Crippen LogP contribution is -2.51. The first kappa shape index (κ1) is 21.4. The summed E-state index contributed by atoms with van der Waals surface area (Å²) in [5.74, 6) is -3.64. The molecule has 1 atom stereocenters. The molecule has 1 heterocycles. The number of nitrogens with zero attached hydrogens (tertiary/aromatic N) is 1. The normalized spacial score (nSPS) is 17.4. The fourth-order valence-electron chi connectivity index (χ4n) is 2.34. The summed E-state index contributed by atoms with van der Waals surface area (Å²) in [4.78, 5) is 37.7. The number of benzene rings is 1. The van der Waals surface area contributed by atoms with Crippen molar-refractivity contribution < 1.29 is 23.2 Å². The standard InChI is InChI=1S/C17H20ClF2N3O3S/c1-17(2,3)22-15(25)16(26)23-7-6-11(27-8-23)14(24)21-10-5-4-9(19)12(18)13(10)20/h4-5,11H,6-8H2,1-3H3,(H,21,24)(H,22,25)/t11-/m1/s1. The molecule has 0 bridgehead atoms. The third-order valence-corrected chi connectivity index (χ3v) is 5.31. The summed E-state index contributed by atoms with van der Waals surface area (Å²) in [6.45, 7) is 5.52. The number of nitrogens with one attached hydrogen (secondary N) is 2. The third-order valence-electron chi connectivity index (χ3n) is 3.65. The molecule has 0 aliphatic carbocycles. The molecule has 0 spiro atoms. The van der Waals surface area contributed by atoms with Crippen LogP contribution in [0.1, 0.15) is 27.2 Å². The van der Waals surface area contributed by atoms with Crippen molar-refractivity contribution in [2.45, 2.75) is 38.0 Å². The van der Waals surface area contributed by atoms with Gasteiger partial charge in [-0.15, -0.1) is 11.8 Å². The van der Waals surface area contributed by atoms with Crippen LogP contribution >= 0.6 is 23.4 Å². The summed E-state index contributed by atoms with van der Waals surface area (Å²) in [6, 6.07) is 2.05. The van der Waals surface area contributed by atoms with E-state index in [1.807, 2.05) is 0 Å². The predicted octanol–water partition coefficient (Wildman–Crippen LogP) is 2.76. The zero-order chi connectivity index (χ0) is 20.4.